The summed E-state index contributed by atoms with van der Waals surface area (Å²) in [6.07, 6.45) is 4.56. The first kappa shape index (κ1) is 12.4. The van der Waals surface area contributed by atoms with Crippen molar-refractivity contribution < 1.29 is 5.11 Å². The van der Waals surface area contributed by atoms with Crippen molar-refractivity contribution in [1.82, 2.24) is 0 Å². The second-order valence-electron chi connectivity index (χ2n) is 2.73. The third-order valence-corrected chi connectivity index (χ3v) is 5.57. The third kappa shape index (κ3) is 6.57. The number of aliphatic hydroxyl groups is 1. The Labute approximate surface area is 96.6 Å². The minimum Gasteiger partial charge on any atom is -0.392 e. The van der Waals surface area contributed by atoms with Crippen LogP contribution < -0.4 is 0 Å². The Morgan fingerprint density at radius 2 is 2.00 bits per heavy atom. The number of halogens is 2. The molecular formula is C8H16I2O. The van der Waals surface area contributed by atoms with Crippen molar-refractivity contribution in [2.24, 2.45) is 0 Å². The highest BCUT2D eigenvalue weighted by molar-refractivity contribution is 14.1. The Morgan fingerprint density at radius 1 is 1.36 bits per heavy atom. The van der Waals surface area contributed by atoms with E-state index in [1.54, 1.807) is 0 Å². The van der Waals surface area contributed by atoms with Crippen molar-refractivity contribution in [2.45, 2.75) is 42.6 Å². The molecule has 0 aliphatic heterocycles. The standard InChI is InChI=1S/C8H16I2O/c1-2-3-4-5-8(11)7(10)6-9/h7-8,11H,2-6H2,1H3. The lowest BCUT2D eigenvalue weighted by Gasteiger charge is -2.14. The number of unbranched alkanes of at least 4 members (excludes halogenated alkanes) is 2. The number of rotatable bonds is 6. The van der Waals surface area contributed by atoms with Gasteiger partial charge in [-0.3, -0.25) is 0 Å². The number of hydrogen-bond acceptors (Lipinski definition) is 1. The van der Waals surface area contributed by atoms with E-state index in [1.807, 2.05) is 0 Å². The van der Waals surface area contributed by atoms with Gasteiger partial charge in [-0.25, -0.2) is 0 Å². The zero-order valence-electron chi connectivity index (χ0n) is 6.89. The van der Waals surface area contributed by atoms with Gasteiger partial charge in [0.1, 0.15) is 0 Å². The summed E-state index contributed by atoms with van der Waals surface area (Å²) in [6, 6.07) is 0. The predicted octanol–water partition coefficient (Wildman–Crippen LogP) is 3.17. The van der Waals surface area contributed by atoms with E-state index in [0.29, 0.717) is 3.92 Å². The first-order chi connectivity index (χ1) is 5.22. The Hall–Kier alpha value is 1.42. The summed E-state index contributed by atoms with van der Waals surface area (Å²) in [6.45, 7) is 2.19. The molecule has 1 N–H and O–H groups in total. The molecule has 0 heterocycles. The maximum atomic E-state index is 9.53. The Bertz CT molecular complexity index is 88.2. The van der Waals surface area contributed by atoms with Crippen molar-refractivity contribution in [1.29, 1.82) is 0 Å². The van der Waals surface area contributed by atoms with Crippen LogP contribution in [0.4, 0.5) is 0 Å². The van der Waals surface area contributed by atoms with E-state index in [0.717, 1.165) is 10.8 Å². The van der Waals surface area contributed by atoms with Crippen molar-refractivity contribution in [3.63, 3.8) is 0 Å². The van der Waals surface area contributed by atoms with Crippen LogP contribution in [-0.4, -0.2) is 19.6 Å². The lowest BCUT2D eigenvalue weighted by molar-refractivity contribution is 0.168. The summed E-state index contributed by atoms with van der Waals surface area (Å²) in [5.74, 6) is 0. The van der Waals surface area contributed by atoms with Crippen LogP contribution >= 0.6 is 45.2 Å². The van der Waals surface area contributed by atoms with E-state index < -0.39 is 0 Å². The monoisotopic (exact) mass is 382 g/mol. The molecule has 68 valence electrons. The van der Waals surface area contributed by atoms with Crippen molar-refractivity contribution in [3.8, 4) is 0 Å². The molecule has 0 aromatic rings. The molecule has 2 unspecified atom stereocenters. The Morgan fingerprint density at radius 3 is 2.45 bits per heavy atom. The molecule has 0 aliphatic rings. The summed E-state index contributed by atoms with van der Waals surface area (Å²) < 4.78 is 1.48. The highest BCUT2D eigenvalue weighted by atomic mass is 127. The van der Waals surface area contributed by atoms with Crippen molar-refractivity contribution in [2.75, 3.05) is 4.43 Å². The minimum absolute atomic E-state index is 0.0842. The van der Waals surface area contributed by atoms with Gasteiger partial charge >= 0.3 is 0 Å². The molecule has 0 radical (unpaired) electrons. The van der Waals surface area contributed by atoms with E-state index in [1.165, 1.54) is 19.3 Å². The topological polar surface area (TPSA) is 20.2 Å². The van der Waals surface area contributed by atoms with Gasteiger partial charge in [0.05, 0.1) is 6.10 Å². The van der Waals surface area contributed by atoms with Gasteiger partial charge in [0, 0.05) is 8.35 Å². The van der Waals surface area contributed by atoms with Gasteiger partial charge in [0.2, 0.25) is 0 Å². The molecule has 0 aliphatic carbocycles. The van der Waals surface area contributed by atoms with E-state index in [4.69, 9.17) is 0 Å². The van der Waals surface area contributed by atoms with Crippen LogP contribution in [0.1, 0.15) is 32.6 Å². The Kier molecular flexibility index (Phi) is 9.08. The highest BCUT2D eigenvalue weighted by Crippen LogP contribution is 2.15. The largest absolute Gasteiger partial charge is 0.392 e. The van der Waals surface area contributed by atoms with Gasteiger partial charge in [0.25, 0.3) is 0 Å². The minimum atomic E-state index is -0.0842. The van der Waals surface area contributed by atoms with E-state index in [9.17, 15) is 5.11 Å². The van der Waals surface area contributed by atoms with Crippen LogP contribution in [0.5, 0.6) is 0 Å². The van der Waals surface area contributed by atoms with Crippen LogP contribution in [0.2, 0.25) is 0 Å². The molecule has 0 spiro atoms. The average molecular weight is 382 g/mol. The lowest BCUT2D eigenvalue weighted by atomic mass is 10.1. The normalized spacial score (nSPS) is 16.4. The van der Waals surface area contributed by atoms with E-state index in [2.05, 4.69) is 52.1 Å². The fourth-order valence-corrected chi connectivity index (χ4v) is 1.83. The molecule has 0 amide bonds. The van der Waals surface area contributed by atoms with E-state index in [-0.39, 0.29) is 6.10 Å². The van der Waals surface area contributed by atoms with Crippen LogP contribution in [0, 0.1) is 0 Å². The maximum absolute atomic E-state index is 9.53. The molecule has 0 rings (SSSR count). The zero-order valence-corrected chi connectivity index (χ0v) is 11.2. The molecule has 0 saturated carbocycles. The SMILES string of the molecule is CCCCCC(O)C(I)CI. The molecule has 0 aromatic heterocycles. The zero-order chi connectivity index (χ0) is 8.69. The summed E-state index contributed by atoms with van der Waals surface area (Å²) >= 11 is 4.65. The van der Waals surface area contributed by atoms with Gasteiger partial charge in [-0.2, -0.15) is 0 Å². The molecule has 0 saturated heterocycles. The van der Waals surface area contributed by atoms with Gasteiger partial charge in [-0.1, -0.05) is 71.4 Å². The van der Waals surface area contributed by atoms with Gasteiger partial charge in [0.15, 0.2) is 0 Å². The first-order valence-corrected chi connectivity index (χ1v) is 6.87. The maximum Gasteiger partial charge on any atom is 0.0665 e. The van der Waals surface area contributed by atoms with Crippen LogP contribution in [0.3, 0.4) is 0 Å². The molecule has 0 aromatic carbocycles. The average Bonchev–Trinajstić information content (AvgIpc) is 2.03. The molecule has 1 nitrogen and oxygen atoms in total. The summed E-state index contributed by atoms with van der Waals surface area (Å²) in [7, 11) is 0. The first-order valence-electron chi connectivity index (χ1n) is 4.10. The number of alkyl halides is 2. The number of hydrogen-bond donors (Lipinski definition) is 1. The molecule has 0 bridgehead atoms. The fraction of sp³-hybridized carbons (Fsp3) is 1.00. The van der Waals surface area contributed by atoms with Gasteiger partial charge in [-0.15, -0.1) is 0 Å². The van der Waals surface area contributed by atoms with Crippen LogP contribution in [-0.2, 0) is 0 Å². The molecular weight excluding hydrogens is 366 g/mol. The highest BCUT2D eigenvalue weighted by Gasteiger charge is 2.12. The van der Waals surface area contributed by atoms with Crippen molar-refractivity contribution >= 4 is 45.2 Å². The van der Waals surface area contributed by atoms with Gasteiger partial charge in [-0.05, 0) is 6.42 Å². The molecule has 11 heavy (non-hydrogen) atoms. The summed E-state index contributed by atoms with van der Waals surface area (Å²) in [5.41, 5.74) is 0. The predicted molar refractivity (Wildman–Crippen MR) is 66.8 cm³/mol. The lowest BCUT2D eigenvalue weighted by Crippen LogP contribution is -2.21. The molecule has 0 fully saturated rings. The van der Waals surface area contributed by atoms with Crippen LogP contribution in [0.15, 0.2) is 0 Å². The molecule has 2 atom stereocenters. The third-order valence-electron chi connectivity index (χ3n) is 1.67. The Balaban J connectivity index is 3.28. The van der Waals surface area contributed by atoms with Crippen LogP contribution in [0.25, 0.3) is 0 Å². The summed E-state index contributed by atoms with van der Waals surface area (Å²) in [4.78, 5) is 0. The second-order valence-corrected chi connectivity index (χ2v) is 5.21. The van der Waals surface area contributed by atoms with Crippen molar-refractivity contribution in [3.05, 3.63) is 0 Å². The molecule has 3 heteroatoms. The smallest absolute Gasteiger partial charge is 0.0665 e. The van der Waals surface area contributed by atoms with Gasteiger partial charge < -0.3 is 5.11 Å². The quantitative estimate of drug-likeness (QED) is 0.425. The van der Waals surface area contributed by atoms with E-state index >= 15 is 0 Å². The number of aliphatic hydroxyl groups excluding tert-OH is 1. The summed E-state index contributed by atoms with van der Waals surface area (Å²) in [5, 5.41) is 9.53. The fourth-order valence-electron chi connectivity index (χ4n) is 0.887. The second kappa shape index (κ2) is 8.04.